The lowest BCUT2D eigenvalue weighted by Crippen LogP contribution is -2.19. The molecule has 0 atom stereocenters. The number of carbonyl (C=O) groups excluding carboxylic acids is 1. The van der Waals surface area contributed by atoms with Crippen LogP contribution in [0.1, 0.15) is 19.8 Å². The summed E-state index contributed by atoms with van der Waals surface area (Å²) >= 11 is 0. The average Bonchev–Trinajstić information content (AvgIpc) is 2.43. The maximum atomic E-state index is 9.92. The minimum atomic E-state index is 0.508. The third-order valence-electron chi connectivity index (χ3n) is 2.23. The first-order valence-corrected chi connectivity index (χ1v) is 6.89. The minimum absolute atomic E-state index is 0.508. The van der Waals surface area contributed by atoms with Gasteiger partial charge >= 0.3 is 0 Å². The van der Waals surface area contributed by atoms with Crippen LogP contribution in [0.4, 0.5) is 0 Å². The SMILES string of the molecule is CCCCOCCOCCOCCOCCNC=O. The molecule has 0 bridgehead atoms. The van der Waals surface area contributed by atoms with E-state index in [0.717, 1.165) is 19.4 Å². The van der Waals surface area contributed by atoms with Crippen molar-refractivity contribution in [2.24, 2.45) is 0 Å². The Labute approximate surface area is 115 Å². The summed E-state index contributed by atoms with van der Waals surface area (Å²) in [7, 11) is 0. The van der Waals surface area contributed by atoms with Crippen LogP contribution in [0.25, 0.3) is 0 Å². The number of carbonyl (C=O) groups is 1. The molecule has 1 amide bonds. The Morgan fingerprint density at radius 2 is 1.26 bits per heavy atom. The number of rotatable bonds is 16. The van der Waals surface area contributed by atoms with Gasteiger partial charge in [0.15, 0.2) is 0 Å². The molecule has 0 saturated carbocycles. The highest BCUT2D eigenvalue weighted by Gasteiger charge is 1.92. The van der Waals surface area contributed by atoms with Crippen LogP contribution in [-0.4, -0.2) is 65.8 Å². The number of unbranched alkanes of at least 4 members (excludes halogenated alkanes) is 1. The molecular formula is C13H27NO5. The number of nitrogens with one attached hydrogen (secondary N) is 1. The summed E-state index contributed by atoms with van der Waals surface area (Å²) < 4.78 is 21.2. The highest BCUT2D eigenvalue weighted by molar-refractivity contribution is 5.45. The summed E-state index contributed by atoms with van der Waals surface area (Å²) in [4.78, 5) is 9.92. The van der Waals surface area contributed by atoms with Crippen molar-refractivity contribution in [2.45, 2.75) is 19.8 Å². The van der Waals surface area contributed by atoms with Gasteiger partial charge in [0.1, 0.15) is 0 Å². The van der Waals surface area contributed by atoms with E-state index < -0.39 is 0 Å². The molecule has 0 spiro atoms. The molecule has 0 fully saturated rings. The predicted molar refractivity (Wildman–Crippen MR) is 72.3 cm³/mol. The van der Waals surface area contributed by atoms with Crippen LogP contribution in [0, 0.1) is 0 Å². The zero-order valence-electron chi connectivity index (χ0n) is 11.9. The largest absolute Gasteiger partial charge is 0.379 e. The number of hydrogen-bond donors (Lipinski definition) is 1. The lowest BCUT2D eigenvalue weighted by Gasteiger charge is -2.07. The van der Waals surface area contributed by atoms with Gasteiger partial charge in [0.05, 0.1) is 46.2 Å². The van der Waals surface area contributed by atoms with Gasteiger partial charge in [0, 0.05) is 13.2 Å². The predicted octanol–water partition coefficient (Wildman–Crippen LogP) is 0.599. The normalized spacial score (nSPS) is 10.6. The van der Waals surface area contributed by atoms with Crippen molar-refractivity contribution < 1.29 is 23.7 Å². The Kier molecular flexibility index (Phi) is 16.7. The molecule has 0 heterocycles. The number of ether oxygens (including phenoxy) is 4. The van der Waals surface area contributed by atoms with Crippen LogP contribution in [0.15, 0.2) is 0 Å². The topological polar surface area (TPSA) is 66.0 Å². The third-order valence-corrected chi connectivity index (χ3v) is 2.23. The summed E-state index contributed by atoms with van der Waals surface area (Å²) in [5, 5.41) is 2.51. The van der Waals surface area contributed by atoms with Gasteiger partial charge in [0.2, 0.25) is 6.41 Å². The first-order chi connectivity index (χ1) is 9.41. The van der Waals surface area contributed by atoms with E-state index in [-0.39, 0.29) is 0 Å². The first kappa shape index (κ1) is 18.3. The van der Waals surface area contributed by atoms with Crippen molar-refractivity contribution in [3.8, 4) is 0 Å². The minimum Gasteiger partial charge on any atom is -0.379 e. The standard InChI is InChI=1S/C13H27NO5/c1-2-3-5-16-7-9-18-11-12-19-10-8-17-6-4-14-13-15/h13H,2-12H2,1H3,(H,14,15). The molecule has 6 nitrogen and oxygen atoms in total. The molecule has 0 aromatic heterocycles. The van der Waals surface area contributed by atoms with Crippen LogP contribution in [0.5, 0.6) is 0 Å². The van der Waals surface area contributed by atoms with Gasteiger partial charge in [0.25, 0.3) is 0 Å². The Bertz CT molecular complexity index is 180. The van der Waals surface area contributed by atoms with Crippen LogP contribution >= 0.6 is 0 Å². The van der Waals surface area contributed by atoms with Gasteiger partial charge in [-0.25, -0.2) is 0 Å². The van der Waals surface area contributed by atoms with E-state index in [9.17, 15) is 4.79 Å². The van der Waals surface area contributed by atoms with Crippen molar-refractivity contribution in [3.63, 3.8) is 0 Å². The molecular weight excluding hydrogens is 250 g/mol. The maximum Gasteiger partial charge on any atom is 0.207 e. The fourth-order valence-corrected chi connectivity index (χ4v) is 1.20. The van der Waals surface area contributed by atoms with Crippen molar-refractivity contribution in [2.75, 3.05) is 59.4 Å². The summed E-state index contributed by atoms with van der Waals surface area (Å²) in [6.07, 6.45) is 2.91. The van der Waals surface area contributed by atoms with E-state index in [1.54, 1.807) is 0 Å². The second kappa shape index (κ2) is 17.3. The van der Waals surface area contributed by atoms with Gasteiger partial charge < -0.3 is 24.3 Å². The van der Waals surface area contributed by atoms with Gasteiger partial charge in [-0.2, -0.15) is 0 Å². The van der Waals surface area contributed by atoms with E-state index in [2.05, 4.69) is 12.2 Å². The van der Waals surface area contributed by atoms with Gasteiger partial charge in [-0.05, 0) is 6.42 Å². The molecule has 0 aliphatic rings. The van der Waals surface area contributed by atoms with Crippen LogP contribution in [0.3, 0.4) is 0 Å². The fraction of sp³-hybridized carbons (Fsp3) is 0.923. The average molecular weight is 277 g/mol. The zero-order valence-corrected chi connectivity index (χ0v) is 11.9. The van der Waals surface area contributed by atoms with Crippen molar-refractivity contribution in [1.29, 1.82) is 0 Å². The summed E-state index contributed by atoms with van der Waals surface area (Å²) in [5.74, 6) is 0. The highest BCUT2D eigenvalue weighted by Crippen LogP contribution is 1.88. The molecule has 0 unspecified atom stereocenters. The van der Waals surface area contributed by atoms with E-state index >= 15 is 0 Å². The summed E-state index contributed by atoms with van der Waals surface area (Å²) in [6, 6.07) is 0. The van der Waals surface area contributed by atoms with E-state index in [1.165, 1.54) is 0 Å². The van der Waals surface area contributed by atoms with Gasteiger partial charge in [-0.15, -0.1) is 0 Å². The molecule has 19 heavy (non-hydrogen) atoms. The van der Waals surface area contributed by atoms with Crippen molar-refractivity contribution in [3.05, 3.63) is 0 Å². The Morgan fingerprint density at radius 1 is 0.789 bits per heavy atom. The maximum absolute atomic E-state index is 9.92. The van der Waals surface area contributed by atoms with Crippen LogP contribution in [-0.2, 0) is 23.7 Å². The summed E-state index contributed by atoms with van der Waals surface area (Å²) in [6.45, 7) is 7.45. The number of amides is 1. The summed E-state index contributed by atoms with van der Waals surface area (Å²) in [5.41, 5.74) is 0. The van der Waals surface area contributed by atoms with Crippen molar-refractivity contribution >= 4 is 6.41 Å². The molecule has 0 rings (SSSR count). The second-order valence-electron chi connectivity index (χ2n) is 3.88. The van der Waals surface area contributed by atoms with E-state index in [0.29, 0.717) is 59.2 Å². The molecule has 6 heteroatoms. The molecule has 0 aromatic carbocycles. The van der Waals surface area contributed by atoms with Gasteiger partial charge in [-0.1, -0.05) is 13.3 Å². The lowest BCUT2D eigenvalue weighted by molar-refractivity contribution is -0.109. The van der Waals surface area contributed by atoms with Crippen LogP contribution < -0.4 is 5.32 Å². The second-order valence-corrected chi connectivity index (χ2v) is 3.88. The molecule has 0 saturated heterocycles. The quantitative estimate of drug-likeness (QED) is 0.330. The number of hydrogen-bond acceptors (Lipinski definition) is 5. The van der Waals surface area contributed by atoms with Gasteiger partial charge in [-0.3, -0.25) is 4.79 Å². The van der Waals surface area contributed by atoms with E-state index in [4.69, 9.17) is 18.9 Å². The Morgan fingerprint density at radius 3 is 1.74 bits per heavy atom. The molecule has 0 radical (unpaired) electrons. The molecule has 1 N–H and O–H groups in total. The van der Waals surface area contributed by atoms with Crippen molar-refractivity contribution in [1.82, 2.24) is 5.32 Å². The van der Waals surface area contributed by atoms with Crippen LogP contribution in [0.2, 0.25) is 0 Å². The molecule has 0 aliphatic heterocycles. The monoisotopic (exact) mass is 277 g/mol. The zero-order chi connectivity index (χ0) is 14.0. The Hall–Kier alpha value is -0.690. The third kappa shape index (κ3) is 17.3. The highest BCUT2D eigenvalue weighted by atomic mass is 16.6. The Balaban J connectivity index is 2.89. The smallest absolute Gasteiger partial charge is 0.207 e. The molecule has 114 valence electrons. The van der Waals surface area contributed by atoms with E-state index in [1.807, 2.05) is 0 Å². The molecule has 0 aliphatic carbocycles. The fourth-order valence-electron chi connectivity index (χ4n) is 1.20. The molecule has 0 aromatic rings. The lowest BCUT2D eigenvalue weighted by atomic mass is 10.4. The first-order valence-electron chi connectivity index (χ1n) is 6.89.